The second-order valence-corrected chi connectivity index (χ2v) is 9.31. The second kappa shape index (κ2) is 8.91. The Morgan fingerprint density at radius 2 is 1.61 bits per heavy atom. The van der Waals surface area contributed by atoms with Gasteiger partial charge in [-0.25, -0.2) is 8.42 Å². The molecule has 0 bridgehead atoms. The number of amides is 1. The largest absolute Gasteiger partial charge is 0.497 e. The number of rotatable bonds is 6. The fourth-order valence-electron chi connectivity index (χ4n) is 3.75. The topological polar surface area (TPSA) is 75.7 Å². The summed E-state index contributed by atoms with van der Waals surface area (Å²) >= 11 is 0. The van der Waals surface area contributed by atoms with Gasteiger partial charge in [0, 0.05) is 13.1 Å². The maximum Gasteiger partial charge on any atom is 0.244 e. The van der Waals surface area contributed by atoms with Crippen molar-refractivity contribution in [3.63, 3.8) is 0 Å². The van der Waals surface area contributed by atoms with Gasteiger partial charge in [0.15, 0.2) is 0 Å². The maximum atomic E-state index is 13.4. The Kier molecular flexibility index (Phi) is 6.06. The molecule has 1 aliphatic heterocycles. The first-order valence-corrected chi connectivity index (χ1v) is 11.5. The van der Waals surface area contributed by atoms with Gasteiger partial charge in [0.1, 0.15) is 11.8 Å². The lowest BCUT2D eigenvalue weighted by molar-refractivity contribution is -0.125. The van der Waals surface area contributed by atoms with E-state index >= 15 is 0 Å². The summed E-state index contributed by atoms with van der Waals surface area (Å²) in [5.41, 5.74) is 2.82. The van der Waals surface area contributed by atoms with Crippen LogP contribution in [0.1, 0.15) is 16.7 Å². The molecule has 6 nitrogen and oxygen atoms in total. The maximum absolute atomic E-state index is 13.4. The number of sulfonamides is 1. The summed E-state index contributed by atoms with van der Waals surface area (Å²) in [6.45, 7) is 0.466. The number of ether oxygens (including phenoxy) is 1. The number of benzene rings is 3. The van der Waals surface area contributed by atoms with Gasteiger partial charge in [-0.3, -0.25) is 4.79 Å². The molecule has 7 heteroatoms. The Morgan fingerprint density at radius 3 is 2.29 bits per heavy atom. The minimum absolute atomic E-state index is 0.161. The van der Waals surface area contributed by atoms with Crippen LogP contribution in [0.15, 0.2) is 83.8 Å². The zero-order chi connectivity index (χ0) is 21.8. The number of hydrogen-bond acceptors (Lipinski definition) is 4. The average molecular weight is 437 g/mol. The summed E-state index contributed by atoms with van der Waals surface area (Å²) < 4.78 is 33.2. The molecule has 3 aromatic carbocycles. The molecule has 4 rings (SSSR count). The summed E-state index contributed by atoms with van der Waals surface area (Å²) in [5, 5.41) is 2.90. The molecule has 31 heavy (non-hydrogen) atoms. The molecular weight excluding hydrogens is 412 g/mol. The van der Waals surface area contributed by atoms with E-state index in [1.165, 1.54) is 4.31 Å². The molecule has 0 aromatic heterocycles. The minimum atomic E-state index is -3.83. The molecule has 1 heterocycles. The zero-order valence-electron chi connectivity index (χ0n) is 17.2. The molecule has 160 valence electrons. The highest BCUT2D eigenvalue weighted by atomic mass is 32.2. The van der Waals surface area contributed by atoms with Gasteiger partial charge >= 0.3 is 0 Å². The van der Waals surface area contributed by atoms with Gasteiger partial charge in [0.05, 0.1) is 12.0 Å². The Labute approximate surface area is 182 Å². The van der Waals surface area contributed by atoms with E-state index in [1.807, 2.05) is 48.5 Å². The molecule has 1 aliphatic rings. The average Bonchev–Trinajstić information content (AvgIpc) is 2.82. The predicted octanol–water partition coefficient (Wildman–Crippen LogP) is 3.13. The van der Waals surface area contributed by atoms with E-state index in [0.717, 1.165) is 22.4 Å². The third kappa shape index (κ3) is 4.47. The van der Waals surface area contributed by atoms with Crippen LogP contribution in [0.5, 0.6) is 5.75 Å². The molecule has 0 saturated carbocycles. The number of hydrogen-bond donors (Lipinski definition) is 1. The van der Waals surface area contributed by atoms with Crippen molar-refractivity contribution in [3.8, 4) is 5.75 Å². The molecule has 0 aliphatic carbocycles. The Hall–Kier alpha value is -3.16. The molecule has 1 atom stereocenters. The third-order valence-electron chi connectivity index (χ3n) is 5.48. The molecule has 0 radical (unpaired) electrons. The number of carbonyl (C=O) groups excluding carboxylic acids is 1. The van der Waals surface area contributed by atoms with Crippen molar-refractivity contribution in [1.29, 1.82) is 0 Å². The van der Waals surface area contributed by atoms with Crippen LogP contribution in [0, 0.1) is 0 Å². The van der Waals surface area contributed by atoms with Gasteiger partial charge < -0.3 is 10.1 Å². The fourth-order valence-corrected chi connectivity index (χ4v) is 5.34. The lowest BCUT2D eigenvalue weighted by Crippen LogP contribution is -2.52. The summed E-state index contributed by atoms with van der Waals surface area (Å²) in [6, 6.07) is 22.5. The van der Waals surface area contributed by atoms with Crippen LogP contribution in [0.25, 0.3) is 0 Å². The standard InChI is InChI=1S/C24H24N2O4S/c1-30-21-13-11-18(12-14-21)16-25-24(27)23-15-19-7-5-6-8-20(19)17-26(23)31(28,29)22-9-3-2-4-10-22/h2-14,23H,15-17H2,1H3,(H,25,27)/t23-/m0/s1. The Morgan fingerprint density at radius 1 is 0.968 bits per heavy atom. The molecule has 0 spiro atoms. The molecule has 0 saturated heterocycles. The molecule has 1 N–H and O–H groups in total. The molecular formula is C24H24N2O4S. The molecule has 0 unspecified atom stereocenters. The van der Waals surface area contributed by atoms with E-state index in [1.54, 1.807) is 37.4 Å². The highest BCUT2D eigenvalue weighted by Gasteiger charge is 2.39. The lowest BCUT2D eigenvalue weighted by atomic mass is 9.95. The normalized spacial score (nSPS) is 16.4. The van der Waals surface area contributed by atoms with Crippen LogP contribution in [0.3, 0.4) is 0 Å². The van der Waals surface area contributed by atoms with Crippen molar-refractivity contribution in [3.05, 3.63) is 95.6 Å². The van der Waals surface area contributed by atoms with E-state index in [2.05, 4.69) is 5.32 Å². The number of nitrogens with one attached hydrogen (secondary N) is 1. The summed E-state index contributed by atoms with van der Waals surface area (Å²) in [4.78, 5) is 13.3. The zero-order valence-corrected chi connectivity index (χ0v) is 18.0. The first-order chi connectivity index (χ1) is 15.0. The van der Waals surface area contributed by atoms with Gasteiger partial charge in [-0.05, 0) is 47.4 Å². The van der Waals surface area contributed by atoms with Gasteiger partial charge in [-0.15, -0.1) is 0 Å². The fraction of sp³-hybridized carbons (Fsp3) is 0.208. The van der Waals surface area contributed by atoms with Crippen LogP contribution in [0.2, 0.25) is 0 Å². The van der Waals surface area contributed by atoms with Crippen LogP contribution in [-0.4, -0.2) is 31.8 Å². The van der Waals surface area contributed by atoms with E-state index in [4.69, 9.17) is 4.74 Å². The van der Waals surface area contributed by atoms with Crippen molar-refractivity contribution >= 4 is 15.9 Å². The first-order valence-electron chi connectivity index (χ1n) is 10.0. The van der Waals surface area contributed by atoms with Gasteiger partial charge in [-0.2, -0.15) is 4.31 Å². The lowest BCUT2D eigenvalue weighted by Gasteiger charge is -2.35. The monoisotopic (exact) mass is 436 g/mol. The highest BCUT2D eigenvalue weighted by molar-refractivity contribution is 7.89. The van der Waals surface area contributed by atoms with E-state index in [-0.39, 0.29) is 17.3 Å². The quantitative estimate of drug-likeness (QED) is 0.644. The van der Waals surface area contributed by atoms with Crippen LogP contribution >= 0.6 is 0 Å². The Bertz CT molecular complexity index is 1160. The van der Waals surface area contributed by atoms with Gasteiger partial charge in [0.25, 0.3) is 0 Å². The molecule has 0 fully saturated rings. The Balaban J connectivity index is 1.60. The summed E-state index contributed by atoms with van der Waals surface area (Å²) in [7, 11) is -2.24. The van der Waals surface area contributed by atoms with Crippen molar-refractivity contribution < 1.29 is 17.9 Å². The molecule has 3 aromatic rings. The predicted molar refractivity (Wildman–Crippen MR) is 118 cm³/mol. The first kappa shape index (κ1) is 21.1. The number of nitrogens with zero attached hydrogens (tertiary/aromatic N) is 1. The van der Waals surface area contributed by atoms with E-state index in [9.17, 15) is 13.2 Å². The second-order valence-electron chi connectivity index (χ2n) is 7.42. The van der Waals surface area contributed by atoms with Crippen LogP contribution in [0.4, 0.5) is 0 Å². The van der Waals surface area contributed by atoms with Crippen molar-refractivity contribution in [2.45, 2.75) is 30.4 Å². The minimum Gasteiger partial charge on any atom is -0.497 e. The smallest absolute Gasteiger partial charge is 0.244 e. The highest BCUT2D eigenvalue weighted by Crippen LogP contribution is 2.29. The van der Waals surface area contributed by atoms with Crippen LogP contribution < -0.4 is 10.1 Å². The van der Waals surface area contributed by atoms with E-state index in [0.29, 0.717) is 13.0 Å². The van der Waals surface area contributed by atoms with Crippen molar-refractivity contribution in [2.24, 2.45) is 0 Å². The number of carbonyl (C=O) groups is 1. The summed E-state index contributed by atoms with van der Waals surface area (Å²) in [5.74, 6) is 0.420. The van der Waals surface area contributed by atoms with Gasteiger partial charge in [0.2, 0.25) is 15.9 Å². The van der Waals surface area contributed by atoms with Gasteiger partial charge in [-0.1, -0.05) is 54.6 Å². The van der Waals surface area contributed by atoms with Crippen molar-refractivity contribution in [2.75, 3.05) is 7.11 Å². The molecule has 1 amide bonds. The van der Waals surface area contributed by atoms with E-state index < -0.39 is 16.1 Å². The SMILES string of the molecule is COc1ccc(CNC(=O)[C@@H]2Cc3ccccc3CN2S(=O)(=O)c2ccccc2)cc1. The third-order valence-corrected chi connectivity index (χ3v) is 7.35. The number of fused-ring (bicyclic) bond motifs is 1. The number of methoxy groups -OCH3 is 1. The van der Waals surface area contributed by atoms with Crippen molar-refractivity contribution in [1.82, 2.24) is 9.62 Å². The summed E-state index contributed by atoms with van der Waals surface area (Å²) in [6.07, 6.45) is 0.330. The van der Waals surface area contributed by atoms with Crippen LogP contribution in [-0.2, 0) is 34.3 Å².